The van der Waals surface area contributed by atoms with Crippen molar-refractivity contribution in [2.24, 2.45) is 11.8 Å². The van der Waals surface area contributed by atoms with Crippen LogP contribution in [-0.2, 0) is 6.54 Å². The molecule has 10 nitrogen and oxygen atoms in total. The second-order valence-corrected chi connectivity index (χ2v) is 13.5. The number of nitrogens with one attached hydrogen (secondary N) is 2. The van der Waals surface area contributed by atoms with Crippen molar-refractivity contribution in [1.82, 2.24) is 34.5 Å². The largest absolute Gasteiger partial charge is 0.482 e. The normalized spacial score (nSPS) is 20.0. The number of carbonyl (C=O) groups excluding carboxylic acids is 2. The summed E-state index contributed by atoms with van der Waals surface area (Å²) in [5, 5.41) is 7.70. The molecule has 242 valence electrons. The Balaban J connectivity index is 1.15. The fraction of sp³-hybridized carbons (Fsp3) is 0.405. The fourth-order valence-corrected chi connectivity index (χ4v) is 7.46. The lowest BCUT2D eigenvalue weighted by molar-refractivity contribution is 0.0668. The molecule has 3 aliphatic rings. The molecule has 5 aromatic rings. The van der Waals surface area contributed by atoms with Gasteiger partial charge in [-0.05, 0) is 94.3 Å². The van der Waals surface area contributed by atoms with Crippen LogP contribution in [0.3, 0.4) is 0 Å². The molecule has 0 bridgehead atoms. The van der Waals surface area contributed by atoms with E-state index in [1.807, 2.05) is 64.8 Å². The molecule has 3 fully saturated rings. The number of aromatic nitrogens is 4. The molecule has 3 atom stereocenters. The Kier molecular flexibility index (Phi) is 7.47. The van der Waals surface area contributed by atoms with Crippen molar-refractivity contribution >= 4 is 28.5 Å². The van der Waals surface area contributed by atoms with Crippen molar-refractivity contribution in [3.05, 3.63) is 83.2 Å². The van der Waals surface area contributed by atoms with E-state index in [4.69, 9.17) is 14.7 Å². The number of hydrogen-bond donors (Lipinski definition) is 2. The number of imidazole rings is 1. The third kappa shape index (κ3) is 5.44. The van der Waals surface area contributed by atoms with E-state index in [1.165, 1.54) is 19.3 Å². The summed E-state index contributed by atoms with van der Waals surface area (Å²) in [6.45, 7) is 7.41. The minimum atomic E-state index is -0.271. The van der Waals surface area contributed by atoms with Gasteiger partial charge in [0.05, 0.1) is 30.2 Å². The highest BCUT2D eigenvalue weighted by Gasteiger charge is 2.35. The number of likely N-dealkylation sites (tertiary alicyclic amines) is 1. The zero-order valence-corrected chi connectivity index (χ0v) is 27.2. The Morgan fingerprint density at radius 3 is 2.64 bits per heavy atom. The first kappa shape index (κ1) is 29.7. The number of rotatable bonds is 8. The maximum atomic E-state index is 13.8. The van der Waals surface area contributed by atoms with E-state index in [1.54, 1.807) is 7.11 Å². The van der Waals surface area contributed by atoms with Crippen LogP contribution in [0.15, 0.2) is 60.7 Å². The smallest absolute Gasteiger partial charge is 0.254 e. The number of amides is 2. The molecule has 0 spiro atoms. The molecule has 4 aromatic heterocycles. The van der Waals surface area contributed by atoms with Crippen molar-refractivity contribution in [2.45, 2.75) is 58.2 Å². The third-order valence-corrected chi connectivity index (χ3v) is 10.3. The van der Waals surface area contributed by atoms with E-state index in [9.17, 15) is 9.59 Å². The summed E-state index contributed by atoms with van der Waals surface area (Å²) in [6.07, 6.45) is 4.62. The molecule has 1 saturated carbocycles. The maximum Gasteiger partial charge on any atom is 0.254 e. The van der Waals surface area contributed by atoms with E-state index in [0.29, 0.717) is 40.5 Å². The highest BCUT2D eigenvalue weighted by molar-refractivity contribution is 5.96. The van der Waals surface area contributed by atoms with Crippen LogP contribution in [0.5, 0.6) is 5.88 Å². The van der Waals surface area contributed by atoms with Gasteiger partial charge in [-0.25, -0.2) is 9.97 Å². The molecule has 1 aliphatic carbocycles. The van der Waals surface area contributed by atoms with E-state index in [-0.39, 0.29) is 17.9 Å². The zero-order valence-electron chi connectivity index (χ0n) is 27.2. The molecule has 2 N–H and O–H groups in total. The Labute approximate surface area is 274 Å². The second kappa shape index (κ2) is 11.8. The lowest BCUT2D eigenvalue weighted by Gasteiger charge is -2.35. The molecule has 2 aliphatic heterocycles. The van der Waals surface area contributed by atoms with Crippen LogP contribution in [0.4, 0.5) is 0 Å². The SMILES string of the molecule is COc1cc(C(=O)N2CC[C@H]3CCN[C@H]3C2)cc2nc(-c3cc4ccc([C@@H](C)NC(=O)c5ccccc5)nc4n3CC3CC3)c(C)n12. The third-order valence-electron chi connectivity index (χ3n) is 10.3. The van der Waals surface area contributed by atoms with Crippen molar-refractivity contribution in [3.63, 3.8) is 0 Å². The van der Waals surface area contributed by atoms with Crippen molar-refractivity contribution < 1.29 is 14.3 Å². The van der Waals surface area contributed by atoms with Crippen LogP contribution in [0, 0.1) is 18.8 Å². The molecule has 0 radical (unpaired) electrons. The first-order valence-electron chi connectivity index (χ1n) is 16.8. The van der Waals surface area contributed by atoms with Crippen molar-refractivity contribution in [1.29, 1.82) is 0 Å². The van der Waals surface area contributed by atoms with Gasteiger partial charge >= 0.3 is 0 Å². The van der Waals surface area contributed by atoms with Gasteiger partial charge in [-0.3, -0.25) is 14.0 Å². The van der Waals surface area contributed by atoms with Gasteiger partial charge in [0.1, 0.15) is 17.0 Å². The predicted octanol–water partition coefficient (Wildman–Crippen LogP) is 5.39. The van der Waals surface area contributed by atoms with Gasteiger partial charge in [-0.15, -0.1) is 0 Å². The lowest BCUT2D eigenvalue weighted by atomic mass is 9.92. The van der Waals surface area contributed by atoms with Gasteiger partial charge < -0.3 is 24.8 Å². The van der Waals surface area contributed by atoms with Crippen LogP contribution in [0.2, 0.25) is 0 Å². The van der Waals surface area contributed by atoms with Gasteiger partial charge in [-0.2, -0.15) is 0 Å². The van der Waals surface area contributed by atoms with Gasteiger partial charge in [0.15, 0.2) is 5.88 Å². The average Bonchev–Trinajstić information content (AvgIpc) is 3.52. The van der Waals surface area contributed by atoms with Crippen molar-refractivity contribution in [2.75, 3.05) is 26.7 Å². The summed E-state index contributed by atoms with van der Waals surface area (Å²) < 4.78 is 10.1. The molecule has 47 heavy (non-hydrogen) atoms. The summed E-state index contributed by atoms with van der Waals surface area (Å²) in [7, 11) is 1.64. The van der Waals surface area contributed by atoms with Crippen LogP contribution < -0.4 is 15.4 Å². The van der Waals surface area contributed by atoms with Crippen LogP contribution >= 0.6 is 0 Å². The number of pyridine rings is 2. The molecule has 0 unspecified atom stereocenters. The summed E-state index contributed by atoms with van der Waals surface area (Å²) in [5.74, 6) is 1.75. The fourth-order valence-electron chi connectivity index (χ4n) is 7.46. The van der Waals surface area contributed by atoms with Crippen LogP contribution in [0.25, 0.3) is 28.1 Å². The summed E-state index contributed by atoms with van der Waals surface area (Å²) >= 11 is 0. The van der Waals surface area contributed by atoms with E-state index < -0.39 is 0 Å². The van der Waals surface area contributed by atoms with Gasteiger partial charge in [0.2, 0.25) is 0 Å². The quantitative estimate of drug-likeness (QED) is 0.238. The highest BCUT2D eigenvalue weighted by atomic mass is 16.5. The molecule has 10 heteroatoms. The van der Waals surface area contributed by atoms with E-state index in [2.05, 4.69) is 34.3 Å². The molecule has 1 aromatic carbocycles. The number of benzene rings is 1. The first-order valence-corrected chi connectivity index (χ1v) is 16.8. The molecule has 2 amide bonds. The standard InChI is InChI=1S/C37H41N7O3/c1-22(39-36(45)26-7-5-4-6-8-26)29-12-11-27-17-31(43(35(27)40-29)20-24-9-10-24)34-23(2)44-32(41-34)18-28(19-33(44)47-3)37(46)42-16-14-25-13-15-38-30(25)21-42/h4-8,11-12,17-19,22,24-25,30,38H,9-10,13-16,20-21H2,1-3H3,(H,39,45)/t22-,25-,30+/m1/s1. The molecule has 6 heterocycles. The summed E-state index contributed by atoms with van der Waals surface area (Å²) in [6, 6.07) is 19.3. The minimum Gasteiger partial charge on any atom is -0.482 e. The van der Waals surface area contributed by atoms with Gasteiger partial charge in [-0.1, -0.05) is 18.2 Å². The number of aryl methyl sites for hydroxylation is 1. The topological polar surface area (TPSA) is 106 Å². The molecular weight excluding hydrogens is 590 g/mol. The van der Waals surface area contributed by atoms with Gasteiger partial charge in [0, 0.05) is 48.3 Å². The Morgan fingerprint density at radius 1 is 1.02 bits per heavy atom. The zero-order chi connectivity index (χ0) is 32.2. The summed E-state index contributed by atoms with van der Waals surface area (Å²) in [5.41, 5.74) is 6.36. The average molecular weight is 632 g/mol. The predicted molar refractivity (Wildman–Crippen MR) is 181 cm³/mol. The van der Waals surface area contributed by atoms with Crippen LogP contribution in [-0.4, -0.2) is 68.4 Å². The summed E-state index contributed by atoms with van der Waals surface area (Å²) in [4.78, 5) is 38.9. The monoisotopic (exact) mass is 631 g/mol. The van der Waals surface area contributed by atoms with Gasteiger partial charge in [0.25, 0.3) is 11.8 Å². The first-order chi connectivity index (χ1) is 22.9. The number of methoxy groups -OCH3 is 1. The van der Waals surface area contributed by atoms with Crippen molar-refractivity contribution in [3.8, 4) is 17.3 Å². The van der Waals surface area contributed by atoms with E-state index >= 15 is 0 Å². The number of carbonyl (C=O) groups is 2. The number of ether oxygens (including phenoxy) is 1. The Bertz CT molecular complexity index is 1990. The number of hydrogen-bond acceptors (Lipinski definition) is 6. The molecule has 2 saturated heterocycles. The Morgan fingerprint density at radius 2 is 1.85 bits per heavy atom. The minimum absolute atomic E-state index is 0.0215. The van der Waals surface area contributed by atoms with E-state index in [0.717, 1.165) is 66.4 Å². The second-order valence-electron chi connectivity index (χ2n) is 13.5. The number of fused-ring (bicyclic) bond motifs is 3. The number of nitrogens with zero attached hydrogens (tertiary/aromatic N) is 5. The van der Waals surface area contributed by atoms with Crippen LogP contribution in [0.1, 0.15) is 70.8 Å². The molecule has 8 rings (SSSR count). The number of piperidine rings is 1. The molecular formula is C37H41N7O3. The highest BCUT2D eigenvalue weighted by Crippen LogP contribution is 2.37. The Hall–Kier alpha value is -4.70. The lowest BCUT2D eigenvalue weighted by Crippen LogP contribution is -2.48. The maximum absolute atomic E-state index is 13.8.